The maximum Gasteiger partial charge on any atom is 0.170 e. The number of rotatable bonds is 4. The Kier molecular flexibility index (Phi) is 4.20. The van der Waals surface area contributed by atoms with Gasteiger partial charge in [-0.25, -0.2) is 0 Å². The third-order valence-electron chi connectivity index (χ3n) is 2.91. The number of hydrogen-bond donors (Lipinski definition) is 2. The van der Waals surface area contributed by atoms with E-state index in [1.165, 1.54) is 0 Å². The summed E-state index contributed by atoms with van der Waals surface area (Å²) in [6.45, 7) is 4.25. The number of nitrogens with two attached hydrogens (primary N) is 1. The largest absolute Gasteiger partial charge is 0.487 e. The zero-order valence-electron chi connectivity index (χ0n) is 11.5. The SMILES string of the molecule is Cc1cccc(COc2cc(/C(N)=N/O)ccc2C)n1. The Hall–Kier alpha value is -2.56. The molecule has 0 bridgehead atoms. The second-order valence-corrected chi connectivity index (χ2v) is 4.52. The first-order chi connectivity index (χ1) is 9.60. The molecule has 0 spiro atoms. The van der Waals surface area contributed by atoms with Crippen LogP contribution in [0.25, 0.3) is 0 Å². The minimum absolute atomic E-state index is 0.0588. The number of ether oxygens (including phenoxy) is 1. The Morgan fingerprint density at radius 3 is 2.80 bits per heavy atom. The molecular weight excluding hydrogens is 254 g/mol. The van der Waals surface area contributed by atoms with Crippen LogP contribution in [-0.4, -0.2) is 16.0 Å². The fourth-order valence-electron chi connectivity index (χ4n) is 1.80. The Morgan fingerprint density at radius 1 is 1.30 bits per heavy atom. The van der Waals surface area contributed by atoms with E-state index in [1.54, 1.807) is 12.1 Å². The van der Waals surface area contributed by atoms with Crippen LogP contribution in [0, 0.1) is 13.8 Å². The van der Waals surface area contributed by atoms with Gasteiger partial charge in [-0.15, -0.1) is 0 Å². The van der Waals surface area contributed by atoms with Gasteiger partial charge in [0.1, 0.15) is 12.4 Å². The zero-order chi connectivity index (χ0) is 14.5. The van der Waals surface area contributed by atoms with E-state index in [2.05, 4.69) is 10.1 Å². The van der Waals surface area contributed by atoms with Gasteiger partial charge in [0.05, 0.1) is 5.69 Å². The Labute approximate surface area is 117 Å². The van der Waals surface area contributed by atoms with Crippen molar-refractivity contribution in [2.75, 3.05) is 0 Å². The molecule has 0 saturated heterocycles. The van der Waals surface area contributed by atoms with Gasteiger partial charge in [-0.2, -0.15) is 0 Å². The van der Waals surface area contributed by atoms with Crippen molar-refractivity contribution in [2.24, 2.45) is 10.9 Å². The smallest absolute Gasteiger partial charge is 0.170 e. The van der Waals surface area contributed by atoms with Crippen LogP contribution in [0.15, 0.2) is 41.6 Å². The summed E-state index contributed by atoms with van der Waals surface area (Å²) in [6, 6.07) is 11.2. The molecule has 0 amide bonds. The van der Waals surface area contributed by atoms with E-state index in [1.807, 2.05) is 38.1 Å². The highest BCUT2D eigenvalue weighted by Crippen LogP contribution is 2.20. The van der Waals surface area contributed by atoms with E-state index in [0.717, 1.165) is 17.0 Å². The van der Waals surface area contributed by atoms with Crippen LogP contribution in [0.3, 0.4) is 0 Å². The number of pyridine rings is 1. The molecule has 0 aliphatic rings. The minimum atomic E-state index is 0.0588. The molecule has 0 unspecified atom stereocenters. The van der Waals surface area contributed by atoms with Crippen molar-refractivity contribution in [3.63, 3.8) is 0 Å². The van der Waals surface area contributed by atoms with Crippen LogP contribution in [0.5, 0.6) is 5.75 Å². The molecule has 0 aliphatic heterocycles. The standard InChI is InChI=1S/C15H17N3O2/c1-10-6-7-12(15(16)18-19)8-14(10)20-9-13-5-3-4-11(2)17-13/h3-8,19H,9H2,1-2H3,(H2,16,18). The number of nitrogens with zero attached hydrogens (tertiary/aromatic N) is 2. The van der Waals surface area contributed by atoms with Crippen molar-refractivity contribution in [2.45, 2.75) is 20.5 Å². The number of aryl methyl sites for hydroxylation is 2. The highest BCUT2D eigenvalue weighted by molar-refractivity contribution is 5.97. The Balaban J connectivity index is 2.16. The lowest BCUT2D eigenvalue weighted by Crippen LogP contribution is -2.13. The average Bonchev–Trinajstić information content (AvgIpc) is 2.45. The average molecular weight is 271 g/mol. The number of aromatic nitrogens is 1. The minimum Gasteiger partial charge on any atom is -0.487 e. The molecule has 104 valence electrons. The number of hydrogen-bond acceptors (Lipinski definition) is 4. The second-order valence-electron chi connectivity index (χ2n) is 4.52. The van der Waals surface area contributed by atoms with Crippen LogP contribution < -0.4 is 10.5 Å². The summed E-state index contributed by atoms with van der Waals surface area (Å²) in [5, 5.41) is 11.7. The first kappa shape index (κ1) is 13.9. The molecule has 5 heteroatoms. The number of amidine groups is 1. The fourth-order valence-corrected chi connectivity index (χ4v) is 1.80. The fraction of sp³-hybridized carbons (Fsp3) is 0.200. The maximum atomic E-state index is 8.70. The first-order valence-corrected chi connectivity index (χ1v) is 6.24. The summed E-state index contributed by atoms with van der Waals surface area (Å²) >= 11 is 0. The van der Waals surface area contributed by atoms with E-state index in [0.29, 0.717) is 17.9 Å². The third-order valence-corrected chi connectivity index (χ3v) is 2.91. The molecule has 0 aliphatic carbocycles. The van der Waals surface area contributed by atoms with Gasteiger partial charge < -0.3 is 15.7 Å². The molecule has 3 N–H and O–H groups in total. The predicted octanol–water partition coefficient (Wildman–Crippen LogP) is 2.37. The van der Waals surface area contributed by atoms with Crippen LogP contribution in [0.2, 0.25) is 0 Å². The quantitative estimate of drug-likeness (QED) is 0.387. The van der Waals surface area contributed by atoms with Gasteiger partial charge in [-0.3, -0.25) is 4.98 Å². The van der Waals surface area contributed by atoms with Crippen LogP contribution in [0.4, 0.5) is 0 Å². The summed E-state index contributed by atoms with van der Waals surface area (Å²) in [6.07, 6.45) is 0. The van der Waals surface area contributed by atoms with Crippen LogP contribution in [-0.2, 0) is 6.61 Å². The first-order valence-electron chi connectivity index (χ1n) is 6.24. The summed E-state index contributed by atoms with van der Waals surface area (Å²) in [5.74, 6) is 0.751. The second kappa shape index (κ2) is 6.06. The zero-order valence-corrected chi connectivity index (χ0v) is 11.5. The predicted molar refractivity (Wildman–Crippen MR) is 77.0 cm³/mol. The van der Waals surface area contributed by atoms with Crippen molar-refractivity contribution < 1.29 is 9.94 Å². The van der Waals surface area contributed by atoms with Gasteiger partial charge in [-0.1, -0.05) is 23.4 Å². The van der Waals surface area contributed by atoms with Crippen molar-refractivity contribution in [1.29, 1.82) is 0 Å². The summed E-state index contributed by atoms with van der Waals surface area (Å²) < 4.78 is 5.76. The molecule has 0 atom stereocenters. The van der Waals surface area contributed by atoms with Crippen molar-refractivity contribution in [3.8, 4) is 5.75 Å². The lowest BCUT2D eigenvalue weighted by atomic mass is 10.1. The maximum absolute atomic E-state index is 8.70. The Bertz CT molecular complexity index is 639. The van der Waals surface area contributed by atoms with Crippen molar-refractivity contribution >= 4 is 5.84 Å². The van der Waals surface area contributed by atoms with Crippen LogP contribution >= 0.6 is 0 Å². The summed E-state index contributed by atoms with van der Waals surface area (Å²) in [7, 11) is 0. The van der Waals surface area contributed by atoms with Crippen molar-refractivity contribution in [3.05, 3.63) is 58.9 Å². The van der Waals surface area contributed by atoms with E-state index in [4.69, 9.17) is 15.7 Å². The van der Waals surface area contributed by atoms with Gasteiger partial charge in [-0.05, 0) is 37.6 Å². The van der Waals surface area contributed by atoms with Gasteiger partial charge in [0.15, 0.2) is 5.84 Å². The molecule has 1 aromatic carbocycles. The summed E-state index contributed by atoms with van der Waals surface area (Å²) in [4.78, 5) is 4.38. The van der Waals surface area contributed by atoms with Gasteiger partial charge in [0, 0.05) is 11.3 Å². The molecule has 20 heavy (non-hydrogen) atoms. The number of oxime groups is 1. The normalized spacial score (nSPS) is 11.4. The van der Waals surface area contributed by atoms with E-state index >= 15 is 0 Å². The monoisotopic (exact) mass is 271 g/mol. The van der Waals surface area contributed by atoms with E-state index in [-0.39, 0.29) is 5.84 Å². The molecule has 0 saturated carbocycles. The molecule has 0 radical (unpaired) electrons. The molecule has 1 aromatic heterocycles. The molecule has 1 heterocycles. The van der Waals surface area contributed by atoms with Crippen LogP contribution in [0.1, 0.15) is 22.5 Å². The highest BCUT2D eigenvalue weighted by Gasteiger charge is 2.06. The summed E-state index contributed by atoms with van der Waals surface area (Å²) in [5.41, 5.74) is 8.98. The topological polar surface area (TPSA) is 80.7 Å². The lowest BCUT2D eigenvalue weighted by molar-refractivity contribution is 0.299. The lowest BCUT2D eigenvalue weighted by Gasteiger charge is -2.10. The van der Waals surface area contributed by atoms with E-state index < -0.39 is 0 Å². The van der Waals surface area contributed by atoms with Gasteiger partial charge in [0.25, 0.3) is 0 Å². The molecular formula is C15H17N3O2. The highest BCUT2D eigenvalue weighted by atomic mass is 16.5. The molecule has 2 aromatic rings. The van der Waals surface area contributed by atoms with Gasteiger partial charge >= 0.3 is 0 Å². The molecule has 0 fully saturated rings. The molecule has 2 rings (SSSR count). The Morgan fingerprint density at radius 2 is 2.10 bits per heavy atom. The third kappa shape index (κ3) is 3.26. The number of benzene rings is 1. The van der Waals surface area contributed by atoms with Gasteiger partial charge in [0.2, 0.25) is 0 Å². The van der Waals surface area contributed by atoms with Crippen molar-refractivity contribution in [1.82, 2.24) is 4.98 Å². The van der Waals surface area contributed by atoms with E-state index in [9.17, 15) is 0 Å². The molecule has 5 nitrogen and oxygen atoms in total.